The van der Waals surface area contributed by atoms with Gasteiger partial charge in [-0.1, -0.05) is 0 Å². The molecule has 0 saturated carbocycles. The average Bonchev–Trinajstić information content (AvgIpc) is 2.18. The zero-order valence-corrected chi connectivity index (χ0v) is 5.09. The molecule has 4 heteroatoms. The van der Waals surface area contributed by atoms with Crippen molar-refractivity contribution >= 4 is 6.09 Å². The van der Waals surface area contributed by atoms with E-state index >= 15 is 0 Å². The Hall–Kier alpha value is -0.770. The predicted octanol–water partition coefficient (Wildman–Crippen LogP) is -0.279. The minimum absolute atomic E-state index is 0.259. The van der Waals surface area contributed by atoms with Gasteiger partial charge < -0.3 is 9.64 Å². The molecule has 0 aliphatic carbocycles. The number of rotatable bonds is 2. The van der Waals surface area contributed by atoms with Gasteiger partial charge in [0, 0.05) is 13.1 Å². The van der Waals surface area contributed by atoms with E-state index in [1.54, 1.807) is 0 Å². The van der Waals surface area contributed by atoms with E-state index in [2.05, 4.69) is 4.74 Å². The van der Waals surface area contributed by atoms with Crippen molar-refractivity contribution in [3.8, 4) is 0 Å². The molecule has 0 aromatic heterocycles. The molecule has 9 heavy (non-hydrogen) atoms. The van der Waals surface area contributed by atoms with Crippen molar-refractivity contribution in [1.82, 2.24) is 10.6 Å². The SMILES string of the molecule is [NH]CCN1CCOC1=O. The van der Waals surface area contributed by atoms with Crippen LogP contribution in [-0.4, -0.2) is 37.2 Å². The maximum Gasteiger partial charge on any atom is 0.409 e. The molecular weight excluding hydrogens is 120 g/mol. The highest BCUT2D eigenvalue weighted by molar-refractivity contribution is 5.69. The fraction of sp³-hybridized carbons (Fsp3) is 0.800. The lowest BCUT2D eigenvalue weighted by atomic mass is 10.5. The van der Waals surface area contributed by atoms with E-state index in [9.17, 15) is 4.79 Å². The van der Waals surface area contributed by atoms with E-state index in [0.717, 1.165) is 0 Å². The van der Waals surface area contributed by atoms with Crippen LogP contribution in [0.25, 0.3) is 0 Å². The van der Waals surface area contributed by atoms with Gasteiger partial charge in [-0.15, -0.1) is 0 Å². The molecule has 1 saturated heterocycles. The second kappa shape index (κ2) is 2.68. The van der Waals surface area contributed by atoms with Crippen molar-refractivity contribution in [3.63, 3.8) is 0 Å². The lowest BCUT2D eigenvalue weighted by molar-refractivity contribution is 0.159. The largest absolute Gasteiger partial charge is 0.448 e. The molecule has 1 amide bonds. The topological polar surface area (TPSA) is 53.3 Å². The first-order valence-electron chi connectivity index (χ1n) is 2.91. The summed E-state index contributed by atoms with van der Waals surface area (Å²) in [5.74, 6) is 0. The smallest absolute Gasteiger partial charge is 0.409 e. The maximum absolute atomic E-state index is 10.6. The summed E-state index contributed by atoms with van der Waals surface area (Å²) in [6, 6.07) is 0. The lowest BCUT2D eigenvalue weighted by Gasteiger charge is -2.08. The van der Waals surface area contributed by atoms with Crippen LogP contribution in [0.3, 0.4) is 0 Å². The number of cyclic esters (lactones) is 1. The van der Waals surface area contributed by atoms with Crippen LogP contribution in [0.2, 0.25) is 0 Å². The Morgan fingerprint density at radius 1 is 1.78 bits per heavy atom. The summed E-state index contributed by atoms with van der Waals surface area (Å²) in [6.07, 6.45) is -0.276. The molecule has 0 bridgehead atoms. The van der Waals surface area contributed by atoms with Gasteiger partial charge in [-0.3, -0.25) is 5.73 Å². The van der Waals surface area contributed by atoms with Crippen molar-refractivity contribution in [2.75, 3.05) is 26.2 Å². The van der Waals surface area contributed by atoms with Gasteiger partial charge in [-0.2, -0.15) is 0 Å². The molecule has 1 rings (SSSR count). The van der Waals surface area contributed by atoms with Crippen LogP contribution in [0.15, 0.2) is 0 Å². The van der Waals surface area contributed by atoms with Gasteiger partial charge in [0.2, 0.25) is 0 Å². The number of hydrogen-bond acceptors (Lipinski definition) is 2. The summed E-state index contributed by atoms with van der Waals surface area (Å²) in [5.41, 5.74) is 6.81. The molecule has 0 aromatic carbocycles. The van der Waals surface area contributed by atoms with E-state index < -0.39 is 0 Å². The van der Waals surface area contributed by atoms with E-state index in [0.29, 0.717) is 19.7 Å². The predicted molar refractivity (Wildman–Crippen MR) is 30.9 cm³/mol. The highest BCUT2D eigenvalue weighted by Crippen LogP contribution is 2.00. The number of carbonyl (C=O) groups is 1. The average molecular weight is 129 g/mol. The Morgan fingerprint density at radius 2 is 2.56 bits per heavy atom. The molecule has 0 spiro atoms. The highest BCUT2D eigenvalue weighted by atomic mass is 16.6. The first-order chi connectivity index (χ1) is 4.34. The van der Waals surface area contributed by atoms with Crippen LogP contribution >= 0.6 is 0 Å². The Bertz CT molecular complexity index is 116. The maximum atomic E-state index is 10.6. The van der Waals surface area contributed by atoms with E-state index in [4.69, 9.17) is 5.73 Å². The van der Waals surface area contributed by atoms with Crippen LogP contribution in [0, 0.1) is 0 Å². The molecule has 4 nitrogen and oxygen atoms in total. The first kappa shape index (κ1) is 6.35. The molecule has 1 N–H and O–H groups in total. The third-order valence-corrected chi connectivity index (χ3v) is 1.23. The molecule has 1 heterocycles. The standard InChI is InChI=1S/C5H9N2O2/c6-1-2-7-3-4-9-5(7)8/h6H,1-4H2. The van der Waals surface area contributed by atoms with Crippen LogP contribution in [-0.2, 0) is 4.74 Å². The van der Waals surface area contributed by atoms with Gasteiger partial charge in [0.05, 0.1) is 6.54 Å². The number of ether oxygens (including phenoxy) is 1. The summed E-state index contributed by atoms with van der Waals surface area (Å²) in [7, 11) is 0. The van der Waals surface area contributed by atoms with Gasteiger partial charge in [-0.25, -0.2) is 4.79 Å². The first-order valence-corrected chi connectivity index (χ1v) is 2.91. The summed E-state index contributed by atoms with van der Waals surface area (Å²) < 4.78 is 4.62. The van der Waals surface area contributed by atoms with Gasteiger partial charge in [0.25, 0.3) is 0 Å². The van der Waals surface area contributed by atoms with Gasteiger partial charge in [-0.05, 0) is 0 Å². The summed E-state index contributed by atoms with van der Waals surface area (Å²) in [5, 5.41) is 0. The zero-order chi connectivity index (χ0) is 6.69. The Kier molecular flexibility index (Phi) is 1.89. The van der Waals surface area contributed by atoms with E-state index in [-0.39, 0.29) is 12.6 Å². The highest BCUT2D eigenvalue weighted by Gasteiger charge is 2.19. The molecule has 1 aliphatic heterocycles. The number of nitrogens with one attached hydrogen (secondary N) is 1. The third kappa shape index (κ3) is 1.32. The lowest BCUT2D eigenvalue weighted by Crippen LogP contribution is -2.27. The number of hydrogen-bond donors (Lipinski definition) is 0. The second-order valence-electron chi connectivity index (χ2n) is 1.85. The second-order valence-corrected chi connectivity index (χ2v) is 1.85. The van der Waals surface area contributed by atoms with Crippen LogP contribution in [0.4, 0.5) is 4.79 Å². The quantitative estimate of drug-likeness (QED) is 0.515. The van der Waals surface area contributed by atoms with Crippen molar-refractivity contribution in [3.05, 3.63) is 0 Å². The van der Waals surface area contributed by atoms with Crippen LogP contribution < -0.4 is 5.73 Å². The Morgan fingerprint density at radius 3 is 3.00 bits per heavy atom. The molecule has 0 aromatic rings. The number of nitrogens with zero attached hydrogens (tertiary/aromatic N) is 1. The molecule has 1 radical (unpaired) electrons. The summed E-state index contributed by atoms with van der Waals surface area (Å²) in [6.45, 7) is 1.89. The summed E-state index contributed by atoms with van der Waals surface area (Å²) in [4.78, 5) is 12.1. The van der Waals surface area contributed by atoms with Crippen molar-refractivity contribution in [2.24, 2.45) is 0 Å². The minimum atomic E-state index is -0.276. The van der Waals surface area contributed by atoms with E-state index in [1.807, 2.05) is 0 Å². The molecule has 0 atom stereocenters. The molecular formula is C5H9N2O2. The van der Waals surface area contributed by atoms with Crippen molar-refractivity contribution < 1.29 is 9.53 Å². The van der Waals surface area contributed by atoms with Gasteiger partial charge in [0.1, 0.15) is 6.61 Å². The normalized spacial score (nSPS) is 18.3. The third-order valence-electron chi connectivity index (χ3n) is 1.23. The van der Waals surface area contributed by atoms with Crippen LogP contribution in [0.1, 0.15) is 0 Å². The Balaban J connectivity index is 2.31. The fourth-order valence-electron chi connectivity index (χ4n) is 0.764. The minimum Gasteiger partial charge on any atom is -0.448 e. The molecule has 0 unspecified atom stereocenters. The molecule has 1 fully saturated rings. The number of amides is 1. The zero-order valence-electron chi connectivity index (χ0n) is 5.09. The molecule has 51 valence electrons. The van der Waals surface area contributed by atoms with Crippen molar-refractivity contribution in [1.29, 1.82) is 0 Å². The van der Waals surface area contributed by atoms with Gasteiger partial charge in [0.15, 0.2) is 0 Å². The fourth-order valence-corrected chi connectivity index (χ4v) is 0.764. The Labute approximate surface area is 53.6 Å². The van der Waals surface area contributed by atoms with E-state index in [1.165, 1.54) is 4.90 Å². The van der Waals surface area contributed by atoms with Crippen LogP contribution in [0.5, 0.6) is 0 Å². The monoisotopic (exact) mass is 129 g/mol. The molecule has 1 aliphatic rings. The summed E-state index contributed by atoms with van der Waals surface area (Å²) >= 11 is 0. The number of carbonyl (C=O) groups excluding carboxylic acids is 1. The van der Waals surface area contributed by atoms with Gasteiger partial charge >= 0.3 is 6.09 Å². The van der Waals surface area contributed by atoms with Crippen molar-refractivity contribution in [2.45, 2.75) is 0 Å².